The molecule has 0 amide bonds. The zero-order valence-electron chi connectivity index (χ0n) is 49.6. The molecule has 0 radical (unpaired) electrons. The fourth-order valence-electron chi connectivity index (χ4n) is 9.41. The Hall–Kier alpha value is -10.9. The highest BCUT2D eigenvalue weighted by Crippen LogP contribution is 2.81. The summed E-state index contributed by atoms with van der Waals surface area (Å²) < 4.78 is 111. The van der Waals surface area contributed by atoms with Gasteiger partial charge in [-0.05, 0) is 121 Å². The van der Waals surface area contributed by atoms with E-state index in [0.29, 0.717) is 69.0 Å². The Morgan fingerprint density at radius 1 is 0.198 bits per heavy atom. The van der Waals surface area contributed by atoms with Crippen LogP contribution in [0.1, 0.15) is 0 Å². The fourth-order valence-corrected chi connectivity index (χ4v) is 27.5. The minimum atomic E-state index is -3.97. The molecular weight excluding hydrogens is 1340 g/mol. The Balaban J connectivity index is 0.000000158. The first kappa shape index (κ1) is 61.3. The number of rotatable bonds is 16. The number of benzene rings is 4. The van der Waals surface area contributed by atoms with Crippen molar-refractivity contribution in [1.82, 2.24) is 39.9 Å². The monoisotopic (exact) mass is 1390 g/mol. The molecule has 96 heavy (non-hydrogen) atoms. The molecule has 4 aliphatic heterocycles. The van der Waals surface area contributed by atoms with Crippen LogP contribution in [0.3, 0.4) is 0 Å². The van der Waals surface area contributed by atoms with Crippen LogP contribution in [0.4, 0.5) is 0 Å². The molecular formula is C64H48N14O12P6. The zero-order chi connectivity index (χ0) is 64.6. The number of pyridine rings is 8. The maximum atomic E-state index is 6.80. The van der Waals surface area contributed by atoms with Crippen LogP contribution in [0.15, 0.2) is 320 Å². The molecule has 26 nitrogen and oxygen atoms in total. The molecule has 2 spiro atoms. The van der Waals surface area contributed by atoms with Gasteiger partial charge in [0.2, 0.25) is 0 Å². The number of nitrogens with zero attached hydrogens (tertiary/aromatic N) is 14. The predicted octanol–water partition coefficient (Wildman–Crippen LogP) is 19.7. The lowest BCUT2D eigenvalue weighted by molar-refractivity contribution is 0.441. The number of fused-ring (bicyclic) bond motifs is 6. The third kappa shape index (κ3) is 13.8. The van der Waals surface area contributed by atoms with Gasteiger partial charge in [0.15, 0.2) is 0 Å². The lowest BCUT2D eigenvalue weighted by Crippen LogP contribution is -2.11. The Kier molecular flexibility index (Phi) is 17.1. The third-order valence-electron chi connectivity index (χ3n) is 13.2. The van der Waals surface area contributed by atoms with Crippen LogP contribution in [0.25, 0.3) is 22.3 Å². The summed E-state index contributed by atoms with van der Waals surface area (Å²) in [6.07, 6.45) is 25.2. The van der Waals surface area contributed by atoms with Gasteiger partial charge in [-0.15, -0.1) is 0 Å². The van der Waals surface area contributed by atoms with E-state index >= 15 is 0 Å². The summed E-state index contributed by atoms with van der Waals surface area (Å²) >= 11 is 0. The lowest BCUT2D eigenvalue weighted by Gasteiger charge is -2.32. The molecule has 32 heteroatoms. The SMILES string of the molecule is c1cncc(OP2(Oc3cccnc3)=NP(Oc3cccnc3)(Oc3cccnc3)=NP3(=N2)Oc2ccccc2-c2ccccc2O3)c1.c1cncc(OP2(Oc3cccnc3)=NP(Oc3cccnc3)(Oc3cccnc3)=NP3(=N2)Oc2ccccc2-c2ccccc2O3)c1. The second kappa shape index (κ2) is 26.8. The molecule has 0 N–H and O–H groups in total. The van der Waals surface area contributed by atoms with Crippen molar-refractivity contribution in [2.45, 2.75) is 0 Å². The lowest BCUT2D eigenvalue weighted by atomic mass is 10.0. The van der Waals surface area contributed by atoms with Crippen LogP contribution >= 0.6 is 46.0 Å². The van der Waals surface area contributed by atoms with E-state index in [1.807, 2.05) is 97.1 Å². The molecule has 0 atom stereocenters. The highest BCUT2D eigenvalue weighted by molar-refractivity contribution is 7.79. The molecule has 12 aromatic rings. The molecule has 16 rings (SSSR count). The minimum absolute atomic E-state index is 0.318. The van der Waals surface area contributed by atoms with Crippen molar-refractivity contribution in [3.05, 3.63) is 293 Å². The smallest absolute Gasteiger partial charge is 0.413 e. The Bertz CT molecular complexity index is 4270. The van der Waals surface area contributed by atoms with Crippen molar-refractivity contribution in [2.75, 3.05) is 0 Å². The Morgan fingerprint density at radius 3 is 0.573 bits per heavy atom. The molecule has 0 unspecified atom stereocenters. The van der Waals surface area contributed by atoms with Crippen molar-refractivity contribution in [2.24, 2.45) is 27.1 Å². The zero-order valence-corrected chi connectivity index (χ0v) is 54.9. The van der Waals surface area contributed by atoms with E-state index in [4.69, 9.17) is 81.4 Å². The Morgan fingerprint density at radius 2 is 0.385 bits per heavy atom. The molecule has 0 bridgehead atoms. The predicted molar refractivity (Wildman–Crippen MR) is 361 cm³/mol. The van der Waals surface area contributed by atoms with Crippen molar-refractivity contribution < 1.29 is 54.3 Å². The summed E-state index contributed by atoms with van der Waals surface area (Å²) in [5.74, 6) is 4.46. The first-order valence-corrected chi connectivity index (χ1v) is 38.1. The van der Waals surface area contributed by atoms with Crippen LogP contribution in [-0.4, -0.2) is 39.9 Å². The molecule has 12 heterocycles. The van der Waals surface area contributed by atoms with E-state index in [9.17, 15) is 0 Å². The van der Waals surface area contributed by atoms with Gasteiger partial charge in [0.25, 0.3) is 0 Å². The maximum absolute atomic E-state index is 6.80. The normalized spacial score (nSPS) is 16.0. The summed E-state index contributed by atoms with van der Waals surface area (Å²) in [5.41, 5.74) is 3.14. The van der Waals surface area contributed by atoms with Gasteiger partial charge >= 0.3 is 46.0 Å². The van der Waals surface area contributed by atoms with Crippen LogP contribution in [0.2, 0.25) is 0 Å². The summed E-state index contributed by atoms with van der Waals surface area (Å²) in [5, 5.41) is 0. The average molecular weight is 1390 g/mol. The standard InChI is InChI=1S/2C32H24N7O6P3/c2*1-3-15-31-29(13-1)30-14-2-4-16-32(30)45-48(44-31)38-46(40-25-9-5-17-33-21-25,41-26-10-6-18-34-22-26)37-47(39-48,42-27-11-7-19-35-23-27)43-28-12-8-20-36-24-28/h2*1-24H. The van der Waals surface area contributed by atoms with Crippen LogP contribution < -0.4 is 54.3 Å². The van der Waals surface area contributed by atoms with Gasteiger partial charge < -0.3 is 54.3 Å². The van der Waals surface area contributed by atoms with Crippen molar-refractivity contribution >= 4 is 46.0 Å². The van der Waals surface area contributed by atoms with Gasteiger partial charge in [0.1, 0.15) is 69.0 Å². The number of para-hydroxylation sites is 4. The number of aromatic nitrogens is 8. The van der Waals surface area contributed by atoms with Crippen LogP contribution in [-0.2, 0) is 0 Å². The first-order valence-electron chi connectivity index (χ1n) is 28.9. The second-order valence-electron chi connectivity index (χ2n) is 20.1. The topological polar surface area (TPSA) is 288 Å². The molecule has 0 fully saturated rings. The van der Waals surface area contributed by atoms with Crippen molar-refractivity contribution in [3.8, 4) is 91.2 Å². The largest absolute Gasteiger partial charge is 0.460 e. The molecule has 0 saturated carbocycles. The molecule has 0 saturated heterocycles. The number of hydrogen-bond acceptors (Lipinski definition) is 26. The van der Waals surface area contributed by atoms with Gasteiger partial charge in [-0.3, -0.25) is 39.9 Å². The van der Waals surface area contributed by atoms with Gasteiger partial charge in [-0.1, -0.05) is 99.9 Å². The maximum Gasteiger partial charge on any atom is 0.460 e. The van der Waals surface area contributed by atoms with Gasteiger partial charge in [-0.25, -0.2) is 0 Å². The fraction of sp³-hybridized carbons (Fsp3) is 0. The Labute approximate surface area is 548 Å². The molecule has 0 aliphatic carbocycles. The highest BCUT2D eigenvalue weighted by Gasteiger charge is 2.52. The summed E-state index contributed by atoms with van der Waals surface area (Å²) in [4.78, 5) is 33.9. The van der Waals surface area contributed by atoms with Crippen molar-refractivity contribution in [3.63, 3.8) is 0 Å². The van der Waals surface area contributed by atoms with Crippen molar-refractivity contribution in [1.29, 1.82) is 0 Å². The van der Waals surface area contributed by atoms with Gasteiger partial charge in [0, 0.05) is 71.8 Å². The average Bonchev–Trinajstić information content (AvgIpc) is 1.22. The van der Waals surface area contributed by atoms with E-state index in [-0.39, 0.29) is 0 Å². The highest BCUT2D eigenvalue weighted by atomic mass is 31.3. The van der Waals surface area contributed by atoms with E-state index in [0.717, 1.165) is 22.3 Å². The van der Waals surface area contributed by atoms with E-state index in [1.165, 1.54) is 49.6 Å². The van der Waals surface area contributed by atoms with Crippen LogP contribution in [0.5, 0.6) is 69.0 Å². The first-order chi connectivity index (χ1) is 47.2. The van der Waals surface area contributed by atoms with E-state index in [1.54, 1.807) is 147 Å². The molecule has 4 aliphatic rings. The summed E-state index contributed by atoms with van der Waals surface area (Å²) in [6, 6.07) is 57.7. The van der Waals surface area contributed by atoms with E-state index < -0.39 is 46.0 Å². The molecule has 476 valence electrons. The van der Waals surface area contributed by atoms with E-state index in [2.05, 4.69) is 39.9 Å². The minimum Gasteiger partial charge on any atom is -0.413 e. The summed E-state index contributed by atoms with van der Waals surface area (Å²) in [6.45, 7) is 0. The van der Waals surface area contributed by atoms with Gasteiger partial charge in [-0.2, -0.15) is 0 Å². The molecule has 8 aromatic heterocycles. The summed E-state index contributed by atoms with van der Waals surface area (Å²) in [7, 11) is -23.7. The quantitative estimate of drug-likeness (QED) is 0.0812. The third-order valence-corrected chi connectivity index (χ3v) is 29.4. The van der Waals surface area contributed by atoms with Gasteiger partial charge in [0.05, 0.1) is 49.6 Å². The van der Waals surface area contributed by atoms with Crippen LogP contribution in [0, 0.1) is 0 Å². The second-order valence-corrected chi connectivity index (χ2v) is 32.4. The molecule has 4 aromatic carbocycles. The number of hydrogen-bond donors (Lipinski definition) is 0.